The predicted octanol–water partition coefficient (Wildman–Crippen LogP) is 3.77. The highest BCUT2D eigenvalue weighted by molar-refractivity contribution is 6.31. The monoisotopic (exact) mass is 371 g/mol. The van der Waals surface area contributed by atoms with Crippen LogP contribution in [0.2, 0.25) is 5.15 Å². The van der Waals surface area contributed by atoms with E-state index < -0.39 is 11.7 Å². The van der Waals surface area contributed by atoms with E-state index in [4.69, 9.17) is 11.6 Å². The number of aromatic nitrogens is 2. The van der Waals surface area contributed by atoms with Crippen LogP contribution in [-0.2, 0) is 24.4 Å². The lowest BCUT2D eigenvalue weighted by Crippen LogP contribution is -2.23. The first-order valence-corrected chi connectivity index (χ1v) is 7.87. The zero-order valence-corrected chi connectivity index (χ0v) is 14.4. The fourth-order valence-electron chi connectivity index (χ4n) is 2.24. The molecule has 0 aliphatic heterocycles. The minimum Gasteiger partial charge on any atom is -0.352 e. The Bertz CT molecular complexity index is 780. The van der Waals surface area contributed by atoms with Crippen LogP contribution >= 0.6 is 11.6 Å². The smallest absolute Gasteiger partial charge is 0.352 e. The lowest BCUT2D eigenvalue weighted by Gasteiger charge is -2.07. The third kappa shape index (κ3) is 5.09. The Kier molecular flexibility index (Phi) is 5.89. The van der Waals surface area contributed by atoms with Gasteiger partial charge in [-0.2, -0.15) is 18.3 Å². The van der Waals surface area contributed by atoms with E-state index in [-0.39, 0.29) is 5.91 Å². The van der Waals surface area contributed by atoms with Gasteiger partial charge in [0.1, 0.15) is 5.15 Å². The highest BCUT2D eigenvalue weighted by Gasteiger charge is 2.29. The van der Waals surface area contributed by atoms with Crippen LogP contribution in [0.1, 0.15) is 22.4 Å². The van der Waals surface area contributed by atoms with E-state index in [2.05, 4.69) is 10.4 Å². The topological polar surface area (TPSA) is 46.9 Å². The molecule has 1 amide bonds. The molecule has 0 saturated carbocycles. The molecule has 4 nitrogen and oxygen atoms in total. The molecule has 8 heteroatoms. The standard InChI is InChI=1S/C17H17ClF3N3O/c1-11-14(16(18)24(2)23-11)7-8-15(25)22-10-9-12-3-5-13(6-4-12)17(19,20)21/h3-8H,9-10H2,1-2H3,(H,22,25)/b8-7+. The molecular weight excluding hydrogens is 355 g/mol. The summed E-state index contributed by atoms with van der Waals surface area (Å²) in [7, 11) is 1.71. The molecule has 0 spiro atoms. The molecule has 0 saturated heterocycles. The predicted molar refractivity (Wildman–Crippen MR) is 90.1 cm³/mol. The third-order valence-corrected chi connectivity index (χ3v) is 4.04. The Morgan fingerprint density at radius 1 is 1.32 bits per heavy atom. The second kappa shape index (κ2) is 7.74. The van der Waals surface area contributed by atoms with Crippen molar-refractivity contribution in [2.24, 2.45) is 7.05 Å². The van der Waals surface area contributed by atoms with E-state index in [1.165, 1.54) is 22.9 Å². The van der Waals surface area contributed by atoms with Crippen LogP contribution in [0.25, 0.3) is 6.08 Å². The van der Waals surface area contributed by atoms with E-state index in [1.807, 2.05) is 0 Å². The lowest BCUT2D eigenvalue weighted by molar-refractivity contribution is -0.137. The first-order valence-electron chi connectivity index (χ1n) is 7.49. The summed E-state index contributed by atoms with van der Waals surface area (Å²) < 4.78 is 39.0. The molecule has 1 N–H and O–H groups in total. The molecule has 2 aromatic rings. The summed E-state index contributed by atoms with van der Waals surface area (Å²) in [4.78, 5) is 11.8. The van der Waals surface area contributed by atoms with Crippen LogP contribution in [0.3, 0.4) is 0 Å². The fourth-order valence-corrected chi connectivity index (χ4v) is 2.48. The van der Waals surface area contributed by atoms with E-state index in [1.54, 1.807) is 20.0 Å². The first kappa shape index (κ1) is 19.1. The van der Waals surface area contributed by atoms with Gasteiger partial charge < -0.3 is 5.32 Å². The van der Waals surface area contributed by atoms with Gasteiger partial charge in [-0.3, -0.25) is 9.48 Å². The van der Waals surface area contributed by atoms with Crippen LogP contribution in [0.15, 0.2) is 30.3 Å². The summed E-state index contributed by atoms with van der Waals surface area (Å²) in [5, 5.41) is 7.25. The Morgan fingerprint density at radius 3 is 2.48 bits per heavy atom. The largest absolute Gasteiger partial charge is 0.416 e. The molecule has 0 fully saturated rings. The number of aryl methyl sites for hydroxylation is 2. The van der Waals surface area contributed by atoms with Crippen molar-refractivity contribution in [1.82, 2.24) is 15.1 Å². The number of nitrogens with zero attached hydrogens (tertiary/aromatic N) is 2. The third-order valence-electron chi connectivity index (χ3n) is 3.59. The summed E-state index contributed by atoms with van der Waals surface area (Å²) in [6.45, 7) is 2.10. The van der Waals surface area contributed by atoms with Crippen molar-refractivity contribution < 1.29 is 18.0 Å². The zero-order valence-electron chi connectivity index (χ0n) is 13.7. The van der Waals surface area contributed by atoms with E-state index >= 15 is 0 Å². The second-order valence-electron chi connectivity index (χ2n) is 5.48. The number of alkyl halides is 3. The number of rotatable bonds is 5. The molecule has 1 aromatic heterocycles. The minimum atomic E-state index is -4.34. The number of hydrogen-bond acceptors (Lipinski definition) is 2. The molecule has 0 aliphatic carbocycles. The zero-order chi connectivity index (χ0) is 18.6. The van der Waals surface area contributed by atoms with Gasteiger partial charge in [-0.15, -0.1) is 0 Å². The number of carbonyl (C=O) groups excluding carboxylic acids is 1. The molecule has 0 radical (unpaired) electrons. The quantitative estimate of drug-likeness (QED) is 0.813. The molecule has 25 heavy (non-hydrogen) atoms. The Morgan fingerprint density at radius 2 is 1.96 bits per heavy atom. The van der Waals surface area contributed by atoms with Gasteiger partial charge in [-0.1, -0.05) is 23.7 Å². The SMILES string of the molecule is Cc1nn(C)c(Cl)c1/C=C/C(=O)NCCc1ccc(C(F)(F)F)cc1. The number of nitrogens with one attached hydrogen (secondary N) is 1. The maximum atomic E-state index is 12.5. The molecular formula is C17H17ClF3N3O. The number of amides is 1. The number of benzene rings is 1. The molecule has 134 valence electrons. The molecule has 0 aliphatic rings. The van der Waals surface area contributed by atoms with Crippen LogP contribution < -0.4 is 5.32 Å². The molecule has 0 bridgehead atoms. The van der Waals surface area contributed by atoms with Crippen molar-refractivity contribution in [2.45, 2.75) is 19.5 Å². The Labute approximate surface area is 148 Å². The van der Waals surface area contributed by atoms with Crippen LogP contribution in [0.5, 0.6) is 0 Å². The van der Waals surface area contributed by atoms with E-state index in [0.29, 0.717) is 34.9 Å². The Balaban J connectivity index is 1.85. The number of hydrogen-bond donors (Lipinski definition) is 1. The summed E-state index contributed by atoms with van der Waals surface area (Å²) in [6, 6.07) is 4.88. The second-order valence-corrected chi connectivity index (χ2v) is 5.84. The summed E-state index contributed by atoms with van der Waals surface area (Å²) in [5.74, 6) is -0.314. The fraction of sp³-hybridized carbons (Fsp3) is 0.294. The average molecular weight is 372 g/mol. The average Bonchev–Trinajstić information content (AvgIpc) is 2.78. The highest BCUT2D eigenvalue weighted by atomic mass is 35.5. The van der Waals surface area contributed by atoms with Gasteiger partial charge in [0, 0.05) is 25.2 Å². The van der Waals surface area contributed by atoms with Crippen LogP contribution in [-0.4, -0.2) is 22.2 Å². The maximum absolute atomic E-state index is 12.5. The van der Waals surface area contributed by atoms with Gasteiger partial charge in [0.15, 0.2) is 0 Å². The van der Waals surface area contributed by atoms with Gasteiger partial charge in [-0.25, -0.2) is 0 Å². The van der Waals surface area contributed by atoms with Crippen molar-refractivity contribution in [3.05, 3.63) is 57.9 Å². The van der Waals surface area contributed by atoms with E-state index in [9.17, 15) is 18.0 Å². The summed E-state index contributed by atoms with van der Waals surface area (Å²) >= 11 is 6.06. The maximum Gasteiger partial charge on any atom is 0.416 e. The number of carbonyl (C=O) groups is 1. The molecule has 2 rings (SSSR count). The minimum absolute atomic E-state index is 0.314. The normalized spacial score (nSPS) is 11.9. The number of halogens is 4. The lowest BCUT2D eigenvalue weighted by atomic mass is 10.1. The van der Waals surface area contributed by atoms with Crippen molar-refractivity contribution >= 4 is 23.6 Å². The van der Waals surface area contributed by atoms with Gasteiger partial charge in [0.2, 0.25) is 5.91 Å². The van der Waals surface area contributed by atoms with Gasteiger partial charge in [-0.05, 0) is 37.1 Å². The molecule has 0 atom stereocenters. The molecule has 1 heterocycles. The molecule has 0 unspecified atom stereocenters. The van der Waals surface area contributed by atoms with Gasteiger partial charge in [0.25, 0.3) is 0 Å². The first-order chi connectivity index (χ1) is 11.7. The highest BCUT2D eigenvalue weighted by Crippen LogP contribution is 2.29. The van der Waals surface area contributed by atoms with Crippen LogP contribution in [0.4, 0.5) is 13.2 Å². The van der Waals surface area contributed by atoms with Crippen molar-refractivity contribution in [3.8, 4) is 0 Å². The van der Waals surface area contributed by atoms with Crippen LogP contribution in [0, 0.1) is 6.92 Å². The Hall–Kier alpha value is -2.28. The van der Waals surface area contributed by atoms with Crippen molar-refractivity contribution in [1.29, 1.82) is 0 Å². The van der Waals surface area contributed by atoms with Gasteiger partial charge >= 0.3 is 6.18 Å². The van der Waals surface area contributed by atoms with Gasteiger partial charge in [0.05, 0.1) is 11.3 Å². The van der Waals surface area contributed by atoms with E-state index in [0.717, 1.165) is 12.1 Å². The van der Waals surface area contributed by atoms with Crippen molar-refractivity contribution in [3.63, 3.8) is 0 Å². The molecule has 1 aromatic carbocycles. The summed E-state index contributed by atoms with van der Waals surface area (Å²) in [6.07, 6.45) is -0.978. The summed E-state index contributed by atoms with van der Waals surface area (Å²) in [5.41, 5.74) is 1.40. The van der Waals surface area contributed by atoms with Crippen molar-refractivity contribution in [2.75, 3.05) is 6.54 Å².